The Morgan fingerprint density at radius 2 is 1.82 bits per heavy atom. The van der Waals surface area contributed by atoms with Gasteiger partial charge in [-0.25, -0.2) is 0 Å². The molecule has 33 heavy (non-hydrogen) atoms. The maximum atomic E-state index is 13.8. The third-order valence-electron chi connectivity index (χ3n) is 6.61. The second kappa shape index (κ2) is 9.32. The van der Waals surface area contributed by atoms with E-state index in [9.17, 15) is 9.59 Å². The quantitative estimate of drug-likeness (QED) is 0.401. The van der Waals surface area contributed by atoms with E-state index in [-0.39, 0.29) is 16.6 Å². The van der Waals surface area contributed by atoms with Crippen LogP contribution in [-0.2, 0) is 6.42 Å². The minimum Gasteiger partial charge on any atom is -0.338 e. The number of pyridine rings is 1. The van der Waals surface area contributed by atoms with Crippen LogP contribution in [-0.4, -0.2) is 28.5 Å². The van der Waals surface area contributed by atoms with Gasteiger partial charge in [0.15, 0.2) is 5.43 Å². The Morgan fingerprint density at radius 3 is 2.52 bits per heavy atom. The number of benzene rings is 1. The molecule has 1 unspecified atom stereocenters. The van der Waals surface area contributed by atoms with E-state index in [0.717, 1.165) is 60.7 Å². The van der Waals surface area contributed by atoms with Crippen LogP contribution in [0.5, 0.6) is 0 Å². The SMILES string of the molecule is Cc1ccsc1C1Cc2c(C(=O)N3CCCCCC3)c(=O)cc(C)n2-c2ccc(Cl)cc2S1. The number of hydrogen-bond acceptors (Lipinski definition) is 4. The van der Waals surface area contributed by atoms with Crippen LogP contribution in [0.2, 0.25) is 5.02 Å². The molecule has 2 aliphatic rings. The molecule has 1 amide bonds. The number of aromatic nitrogens is 1. The first-order valence-corrected chi connectivity index (χ1v) is 13.6. The largest absolute Gasteiger partial charge is 0.338 e. The first kappa shape index (κ1) is 22.8. The van der Waals surface area contributed by atoms with E-state index >= 15 is 0 Å². The summed E-state index contributed by atoms with van der Waals surface area (Å²) in [5.74, 6) is -0.116. The molecule has 0 bridgehead atoms. The highest BCUT2D eigenvalue weighted by Crippen LogP contribution is 2.47. The van der Waals surface area contributed by atoms with E-state index < -0.39 is 0 Å². The Labute approximate surface area is 207 Å². The van der Waals surface area contributed by atoms with E-state index in [4.69, 9.17) is 11.6 Å². The number of hydrogen-bond donors (Lipinski definition) is 0. The van der Waals surface area contributed by atoms with Crippen molar-refractivity contribution in [3.63, 3.8) is 0 Å². The van der Waals surface area contributed by atoms with Crippen molar-refractivity contribution in [2.75, 3.05) is 13.1 Å². The van der Waals surface area contributed by atoms with Gasteiger partial charge in [0.25, 0.3) is 5.91 Å². The van der Waals surface area contributed by atoms with E-state index in [0.29, 0.717) is 17.0 Å². The van der Waals surface area contributed by atoms with Crippen molar-refractivity contribution in [2.45, 2.75) is 56.1 Å². The number of thioether (sulfide) groups is 1. The number of aryl methyl sites for hydroxylation is 2. The Balaban J connectivity index is 1.73. The van der Waals surface area contributed by atoms with Crippen molar-refractivity contribution in [1.82, 2.24) is 9.47 Å². The van der Waals surface area contributed by atoms with Gasteiger partial charge in [-0.05, 0) is 61.9 Å². The molecule has 0 spiro atoms. The summed E-state index contributed by atoms with van der Waals surface area (Å²) in [6, 6.07) is 9.65. The molecule has 0 aliphatic carbocycles. The molecule has 0 N–H and O–H groups in total. The van der Waals surface area contributed by atoms with Gasteiger partial charge in [-0.3, -0.25) is 9.59 Å². The summed E-state index contributed by atoms with van der Waals surface area (Å²) in [6.45, 7) is 5.52. The number of nitrogens with zero attached hydrogens (tertiary/aromatic N) is 2. The Kier molecular flexibility index (Phi) is 6.43. The molecule has 0 saturated carbocycles. The molecular formula is C26H27ClN2O2S2. The molecule has 4 heterocycles. The topological polar surface area (TPSA) is 42.3 Å². The molecule has 1 fully saturated rings. The third kappa shape index (κ3) is 4.29. The molecule has 1 aromatic carbocycles. The average Bonchev–Trinajstić information content (AvgIpc) is 2.97. The van der Waals surface area contributed by atoms with Gasteiger partial charge in [0.2, 0.25) is 0 Å². The van der Waals surface area contributed by atoms with Crippen LogP contribution in [0.3, 0.4) is 0 Å². The first-order valence-electron chi connectivity index (χ1n) is 11.5. The molecular weight excluding hydrogens is 472 g/mol. The highest BCUT2D eigenvalue weighted by Gasteiger charge is 2.32. The van der Waals surface area contributed by atoms with Crippen LogP contribution >= 0.6 is 34.7 Å². The van der Waals surface area contributed by atoms with Crippen LogP contribution in [0.15, 0.2) is 45.4 Å². The van der Waals surface area contributed by atoms with Gasteiger partial charge in [0.1, 0.15) is 5.56 Å². The number of rotatable bonds is 2. The van der Waals surface area contributed by atoms with Gasteiger partial charge in [-0.2, -0.15) is 0 Å². The molecule has 2 aromatic heterocycles. The molecule has 3 aromatic rings. The standard InChI is InChI=1S/C26H27ClN2O2S2/c1-16-9-12-32-25(16)23-15-20-24(26(31)28-10-5-3-4-6-11-28)21(30)13-17(2)29(20)19-8-7-18(27)14-22(19)33-23/h7-9,12-14,23H,3-6,10-11,15H2,1-2H3. The summed E-state index contributed by atoms with van der Waals surface area (Å²) >= 11 is 9.90. The number of carbonyl (C=O) groups is 1. The van der Waals surface area contributed by atoms with E-state index in [2.05, 4.69) is 22.9 Å². The number of amides is 1. The highest BCUT2D eigenvalue weighted by atomic mass is 35.5. The fraction of sp³-hybridized carbons (Fsp3) is 0.385. The monoisotopic (exact) mass is 498 g/mol. The summed E-state index contributed by atoms with van der Waals surface area (Å²) < 4.78 is 2.12. The number of likely N-dealkylation sites (tertiary alicyclic amines) is 1. The highest BCUT2D eigenvalue weighted by molar-refractivity contribution is 7.99. The molecule has 7 heteroatoms. The lowest BCUT2D eigenvalue weighted by Gasteiger charge is -2.24. The maximum Gasteiger partial charge on any atom is 0.259 e. The lowest BCUT2D eigenvalue weighted by Crippen LogP contribution is -2.37. The maximum absolute atomic E-state index is 13.8. The smallest absolute Gasteiger partial charge is 0.259 e. The van der Waals surface area contributed by atoms with Crippen LogP contribution in [0, 0.1) is 13.8 Å². The zero-order valence-corrected chi connectivity index (χ0v) is 21.3. The van der Waals surface area contributed by atoms with Gasteiger partial charge in [-0.15, -0.1) is 23.1 Å². The molecule has 4 nitrogen and oxygen atoms in total. The predicted octanol–water partition coefficient (Wildman–Crippen LogP) is 6.57. The first-order chi connectivity index (χ1) is 15.9. The second-order valence-electron chi connectivity index (χ2n) is 8.90. The summed E-state index contributed by atoms with van der Waals surface area (Å²) in [5, 5.41) is 2.90. The molecule has 2 aliphatic heterocycles. The van der Waals surface area contributed by atoms with E-state index in [1.54, 1.807) is 29.2 Å². The van der Waals surface area contributed by atoms with Gasteiger partial charge in [-0.1, -0.05) is 24.4 Å². The van der Waals surface area contributed by atoms with Crippen molar-refractivity contribution in [3.05, 3.63) is 78.3 Å². The second-order valence-corrected chi connectivity index (χ2v) is 11.5. The van der Waals surface area contributed by atoms with Crippen molar-refractivity contribution in [3.8, 4) is 5.69 Å². The van der Waals surface area contributed by atoms with Crippen LogP contribution in [0.25, 0.3) is 5.69 Å². The lowest BCUT2D eigenvalue weighted by molar-refractivity contribution is 0.0758. The third-order valence-corrected chi connectivity index (χ3v) is 9.39. The fourth-order valence-corrected chi connectivity index (χ4v) is 7.75. The average molecular weight is 499 g/mol. The molecule has 1 atom stereocenters. The van der Waals surface area contributed by atoms with Gasteiger partial charge in [0.05, 0.1) is 5.69 Å². The normalized spacial score (nSPS) is 18.3. The van der Waals surface area contributed by atoms with Gasteiger partial charge in [0, 0.05) is 57.0 Å². The zero-order chi connectivity index (χ0) is 23.1. The van der Waals surface area contributed by atoms with Crippen molar-refractivity contribution >= 4 is 40.6 Å². The van der Waals surface area contributed by atoms with Crippen molar-refractivity contribution in [1.29, 1.82) is 0 Å². The van der Waals surface area contributed by atoms with E-state index in [1.807, 2.05) is 30.0 Å². The minimum atomic E-state index is -0.169. The summed E-state index contributed by atoms with van der Waals surface area (Å²) in [4.78, 5) is 31.4. The Hall–Kier alpha value is -2.02. The van der Waals surface area contributed by atoms with Crippen molar-refractivity contribution < 1.29 is 4.79 Å². The van der Waals surface area contributed by atoms with E-state index in [1.165, 1.54) is 10.4 Å². The number of fused-ring (bicyclic) bond motifs is 3. The zero-order valence-electron chi connectivity index (χ0n) is 18.9. The van der Waals surface area contributed by atoms with Crippen LogP contribution < -0.4 is 5.43 Å². The van der Waals surface area contributed by atoms with Gasteiger partial charge >= 0.3 is 0 Å². The molecule has 1 saturated heterocycles. The van der Waals surface area contributed by atoms with Gasteiger partial charge < -0.3 is 9.47 Å². The number of halogens is 1. The summed E-state index contributed by atoms with van der Waals surface area (Å²) in [5.41, 5.74) is 4.06. The van der Waals surface area contributed by atoms with Crippen LogP contribution in [0.1, 0.15) is 63.1 Å². The predicted molar refractivity (Wildman–Crippen MR) is 138 cm³/mol. The summed E-state index contributed by atoms with van der Waals surface area (Å²) in [6.07, 6.45) is 4.88. The van der Waals surface area contributed by atoms with Crippen LogP contribution in [0.4, 0.5) is 0 Å². The summed E-state index contributed by atoms with van der Waals surface area (Å²) in [7, 11) is 0. The Morgan fingerprint density at radius 1 is 1.06 bits per heavy atom. The number of thiophene rings is 1. The molecule has 5 rings (SSSR count). The fourth-order valence-electron chi connectivity index (χ4n) is 4.98. The van der Waals surface area contributed by atoms with Crippen molar-refractivity contribution in [2.24, 2.45) is 0 Å². The minimum absolute atomic E-state index is 0.104. The molecule has 172 valence electrons. The molecule has 0 radical (unpaired) electrons. The number of carbonyl (C=O) groups excluding carboxylic acids is 1. The lowest BCUT2D eigenvalue weighted by atomic mass is 10.0. The Bertz CT molecular complexity index is 1270.